The van der Waals surface area contributed by atoms with Crippen molar-refractivity contribution in [3.63, 3.8) is 0 Å². The number of fused-ring (bicyclic) bond motifs is 1. The number of nitrogens with zero attached hydrogens (tertiary/aromatic N) is 1. The van der Waals surface area contributed by atoms with Crippen molar-refractivity contribution >= 4 is 15.9 Å². The van der Waals surface area contributed by atoms with Gasteiger partial charge in [-0.05, 0) is 44.3 Å². The van der Waals surface area contributed by atoms with E-state index >= 15 is 0 Å². The topological polar surface area (TPSA) is 12.5 Å². The molecule has 0 saturated heterocycles. The lowest BCUT2D eigenvalue weighted by Crippen LogP contribution is -2.30. The lowest BCUT2D eigenvalue weighted by molar-refractivity contribution is 0.188. The van der Waals surface area contributed by atoms with Crippen LogP contribution in [-0.2, 0) is 6.42 Å². The van der Waals surface area contributed by atoms with Gasteiger partial charge in [0.2, 0.25) is 0 Å². The molecule has 2 rings (SSSR count). The first kappa shape index (κ1) is 11.0. The fourth-order valence-electron chi connectivity index (χ4n) is 2.06. The Morgan fingerprint density at radius 3 is 3.00 bits per heavy atom. The Morgan fingerprint density at radius 1 is 1.47 bits per heavy atom. The molecule has 0 bridgehead atoms. The third-order valence-corrected chi connectivity index (χ3v) is 3.12. The van der Waals surface area contributed by atoms with Gasteiger partial charge in [-0.25, -0.2) is 0 Å². The summed E-state index contributed by atoms with van der Waals surface area (Å²) in [6.07, 6.45) is 1.12. The van der Waals surface area contributed by atoms with Crippen molar-refractivity contribution in [1.82, 2.24) is 4.90 Å². The van der Waals surface area contributed by atoms with Crippen molar-refractivity contribution in [3.8, 4) is 5.75 Å². The van der Waals surface area contributed by atoms with Crippen LogP contribution in [0.4, 0.5) is 0 Å². The van der Waals surface area contributed by atoms with Gasteiger partial charge in [0.15, 0.2) is 0 Å². The third-order valence-electron chi connectivity index (χ3n) is 2.63. The van der Waals surface area contributed by atoms with Gasteiger partial charge in [0.1, 0.15) is 5.75 Å². The Labute approximate surface area is 99.4 Å². The molecule has 1 aliphatic heterocycles. The van der Waals surface area contributed by atoms with E-state index in [9.17, 15) is 0 Å². The monoisotopic (exact) mass is 269 g/mol. The lowest BCUT2D eigenvalue weighted by atomic mass is 9.96. The summed E-state index contributed by atoms with van der Waals surface area (Å²) < 4.78 is 6.88. The molecule has 0 aliphatic carbocycles. The van der Waals surface area contributed by atoms with E-state index in [0.29, 0.717) is 5.92 Å². The van der Waals surface area contributed by atoms with Gasteiger partial charge in [0, 0.05) is 16.9 Å². The van der Waals surface area contributed by atoms with Gasteiger partial charge in [-0.1, -0.05) is 15.9 Å². The Balaban J connectivity index is 2.11. The van der Waals surface area contributed by atoms with Gasteiger partial charge >= 0.3 is 0 Å². The normalized spacial score (nSPS) is 19.9. The zero-order chi connectivity index (χ0) is 10.8. The molecule has 0 aromatic heterocycles. The molecule has 0 fully saturated rings. The summed E-state index contributed by atoms with van der Waals surface area (Å²) in [5.41, 5.74) is 1.32. The molecule has 1 unspecified atom stereocenters. The second-order valence-corrected chi connectivity index (χ2v) is 5.31. The second kappa shape index (κ2) is 4.54. The zero-order valence-corrected chi connectivity index (χ0v) is 10.8. The molecule has 0 N–H and O–H groups in total. The highest BCUT2D eigenvalue weighted by molar-refractivity contribution is 9.10. The summed E-state index contributed by atoms with van der Waals surface area (Å²) in [7, 11) is 4.22. The highest BCUT2D eigenvalue weighted by atomic mass is 79.9. The van der Waals surface area contributed by atoms with Gasteiger partial charge in [0.05, 0.1) is 6.61 Å². The van der Waals surface area contributed by atoms with E-state index in [1.54, 1.807) is 0 Å². The fourth-order valence-corrected chi connectivity index (χ4v) is 2.47. The molecule has 15 heavy (non-hydrogen) atoms. The zero-order valence-electron chi connectivity index (χ0n) is 9.16. The fraction of sp³-hybridized carbons (Fsp3) is 0.500. The maximum absolute atomic E-state index is 5.74. The Hall–Kier alpha value is -0.540. The maximum Gasteiger partial charge on any atom is 0.122 e. The molecular formula is C12H16BrNO. The van der Waals surface area contributed by atoms with Crippen molar-refractivity contribution in [2.24, 2.45) is 5.92 Å². The van der Waals surface area contributed by atoms with E-state index in [1.165, 1.54) is 5.56 Å². The molecule has 2 nitrogen and oxygen atoms in total. The van der Waals surface area contributed by atoms with Crippen LogP contribution in [0.5, 0.6) is 5.75 Å². The van der Waals surface area contributed by atoms with E-state index < -0.39 is 0 Å². The quantitative estimate of drug-likeness (QED) is 0.819. The van der Waals surface area contributed by atoms with Gasteiger partial charge < -0.3 is 9.64 Å². The number of halogens is 1. The van der Waals surface area contributed by atoms with Crippen molar-refractivity contribution in [3.05, 3.63) is 28.2 Å². The highest BCUT2D eigenvalue weighted by Crippen LogP contribution is 2.29. The van der Waals surface area contributed by atoms with Crippen LogP contribution >= 0.6 is 15.9 Å². The average Bonchev–Trinajstić information content (AvgIpc) is 2.16. The van der Waals surface area contributed by atoms with Crippen molar-refractivity contribution < 1.29 is 4.74 Å². The number of hydrogen-bond donors (Lipinski definition) is 0. The Bertz CT molecular complexity index is 351. The molecule has 1 aromatic rings. The van der Waals surface area contributed by atoms with Gasteiger partial charge in [0.25, 0.3) is 0 Å². The predicted octanol–water partition coefficient (Wildman–Crippen LogP) is 2.56. The molecule has 82 valence electrons. The number of ether oxygens (including phenoxy) is 1. The van der Waals surface area contributed by atoms with Crippen molar-refractivity contribution in [2.45, 2.75) is 6.42 Å². The van der Waals surface area contributed by atoms with E-state index in [4.69, 9.17) is 4.74 Å². The number of hydrogen-bond acceptors (Lipinski definition) is 2. The average molecular weight is 270 g/mol. The molecular weight excluding hydrogens is 254 g/mol. The van der Waals surface area contributed by atoms with Gasteiger partial charge in [-0.2, -0.15) is 0 Å². The van der Waals surface area contributed by atoms with Crippen LogP contribution in [0.1, 0.15) is 5.56 Å². The first-order chi connectivity index (χ1) is 7.15. The molecule has 1 atom stereocenters. The van der Waals surface area contributed by atoms with Crippen LogP contribution in [0.3, 0.4) is 0 Å². The first-order valence-corrected chi connectivity index (χ1v) is 6.00. The summed E-state index contributed by atoms with van der Waals surface area (Å²) >= 11 is 3.50. The number of benzene rings is 1. The number of rotatable bonds is 2. The Kier molecular flexibility index (Phi) is 3.32. The van der Waals surface area contributed by atoms with Crippen LogP contribution in [0.15, 0.2) is 22.7 Å². The largest absolute Gasteiger partial charge is 0.493 e. The SMILES string of the molecule is CN(C)CC1COc2ccc(Br)cc2C1. The minimum atomic E-state index is 0.613. The van der Waals surface area contributed by atoms with Crippen LogP contribution in [0.2, 0.25) is 0 Å². The smallest absolute Gasteiger partial charge is 0.122 e. The van der Waals surface area contributed by atoms with Crippen LogP contribution < -0.4 is 4.74 Å². The minimum absolute atomic E-state index is 0.613. The Morgan fingerprint density at radius 2 is 2.27 bits per heavy atom. The lowest BCUT2D eigenvalue weighted by Gasteiger charge is -2.27. The van der Waals surface area contributed by atoms with Gasteiger partial charge in [-0.15, -0.1) is 0 Å². The van der Waals surface area contributed by atoms with E-state index in [-0.39, 0.29) is 0 Å². The highest BCUT2D eigenvalue weighted by Gasteiger charge is 2.20. The second-order valence-electron chi connectivity index (χ2n) is 4.40. The third kappa shape index (κ3) is 2.73. The summed E-state index contributed by atoms with van der Waals surface area (Å²) in [6.45, 7) is 1.93. The molecule has 1 aromatic carbocycles. The standard InChI is InChI=1S/C12H16BrNO/c1-14(2)7-9-5-10-6-11(13)3-4-12(10)15-8-9/h3-4,6,9H,5,7-8H2,1-2H3. The van der Waals surface area contributed by atoms with E-state index in [2.05, 4.69) is 41.0 Å². The molecule has 0 spiro atoms. The molecule has 3 heteroatoms. The van der Waals surface area contributed by atoms with Crippen LogP contribution in [0.25, 0.3) is 0 Å². The summed E-state index contributed by atoms with van der Waals surface area (Å²) in [5.74, 6) is 1.66. The summed E-state index contributed by atoms with van der Waals surface area (Å²) in [5, 5.41) is 0. The first-order valence-electron chi connectivity index (χ1n) is 5.21. The molecule has 0 amide bonds. The minimum Gasteiger partial charge on any atom is -0.493 e. The molecule has 0 saturated carbocycles. The predicted molar refractivity (Wildman–Crippen MR) is 65.4 cm³/mol. The van der Waals surface area contributed by atoms with Gasteiger partial charge in [-0.3, -0.25) is 0 Å². The van der Waals surface area contributed by atoms with Crippen LogP contribution in [-0.4, -0.2) is 32.1 Å². The molecule has 1 aliphatic rings. The van der Waals surface area contributed by atoms with Crippen LogP contribution in [0, 0.1) is 5.92 Å². The molecule has 1 heterocycles. The van der Waals surface area contributed by atoms with Crippen molar-refractivity contribution in [2.75, 3.05) is 27.2 Å². The maximum atomic E-state index is 5.74. The van der Waals surface area contributed by atoms with E-state index in [1.807, 2.05) is 12.1 Å². The van der Waals surface area contributed by atoms with Crippen molar-refractivity contribution in [1.29, 1.82) is 0 Å². The summed E-state index contributed by atoms with van der Waals surface area (Å²) in [6, 6.07) is 6.24. The van der Waals surface area contributed by atoms with E-state index in [0.717, 1.165) is 29.8 Å². The summed E-state index contributed by atoms with van der Waals surface area (Å²) in [4.78, 5) is 2.22. The molecule has 0 radical (unpaired) electrons.